The molecule has 0 atom stereocenters. The first kappa shape index (κ1) is 16.2. The first-order valence-electron chi connectivity index (χ1n) is 6.18. The lowest BCUT2D eigenvalue weighted by Crippen LogP contribution is -2.46. The van der Waals surface area contributed by atoms with Crippen molar-refractivity contribution in [2.24, 2.45) is 0 Å². The van der Waals surface area contributed by atoms with Crippen molar-refractivity contribution < 1.29 is 31.4 Å². The Balaban J connectivity index is 2.17. The molecule has 1 saturated heterocycles. The van der Waals surface area contributed by atoms with Gasteiger partial charge in [-0.15, -0.1) is 0 Å². The molecule has 0 aromatic heterocycles. The minimum Gasteiger partial charge on any atom is -0.388 e. The van der Waals surface area contributed by atoms with E-state index in [-0.39, 0.29) is 32.6 Å². The van der Waals surface area contributed by atoms with Crippen LogP contribution in [-0.2, 0) is 14.8 Å². The minimum absolute atomic E-state index is 0.218. The predicted octanol–water partition coefficient (Wildman–Crippen LogP) is 0.924. The van der Waals surface area contributed by atoms with E-state index in [4.69, 9.17) is 4.74 Å². The molecular weight excluding hydrogens is 311 g/mol. The maximum atomic E-state index is 13.5. The van der Waals surface area contributed by atoms with Crippen molar-refractivity contribution >= 4 is 10.0 Å². The highest BCUT2D eigenvalue weighted by Gasteiger charge is 2.32. The Bertz CT molecular complexity index is 630. The van der Waals surface area contributed by atoms with Crippen molar-refractivity contribution in [3.63, 3.8) is 0 Å². The molecule has 9 heteroatoms. The van der Waals surface area contributed by atoms with Gasteiger partial charge < -0.3 is 9.84 Å². The number of ether oxygens (including phenoxy) is 1. The topological polar surface area (TPSA) is 75.6 Å². The molecule has 1 aromatic rings. The molecule has 21 heavy (non-hydrogen) atoms. The summed E-state index contributed by atoms with van der Waals surface area (Å²) in [6.45, 7) is 0.187. The smallest absolute Gasteiger partial charge is 0.243 e. The van der Waals surface area contributed by atoms with E-state index >= 15 is 0 Å². The highest BCUT2D eigenvalue weighted by molar-refractivity contribution is 7.89. The average Bonchev–Trinajstić information content (AvgIpc) is 2.44. The van der Waals surface area contributed by atoms with E-state index in [9.17, 15) is 26.7 Å². The monoisotopic (exact) mass is 325 g/mol. The quantitative estimate of drug-likeness (QED) is 0.808. The first-order chi connectivity index (χ1) is 9.75. The third-order valence-electron chi connectivity index (χ3n) is 3.30. The van der Waals surface area contributed by atoms with Crippen LogP contribution < -0.4 is 4.72 Å². The SMILES string of the molecule is O=S(=O)(NCC1(O)CCOCC1)c1ccc(F)c(F)c1F. The van der Waals surface area contributed by atoms with E-state index in [0.29, 0.717) is 12.1 Å². The second-order valence-electron chi connectivity index (χ2n) is 4.83. The highest BCUT2D eigenvalue weighted by Crippen LogP contribution is 2.22. The molecule has 2 rings (SSSR count). The van der Waals surface area contributed by atoms with Gasteiger partial charge in [-0.3, -0.25) is 0 Å². The van der Waals surface area contributed by atoms with E-state index in [1.54, 1.807) is 0 Å². The van der Waals surface area contributed by atoms with Crippen molar-refractivity contribution in [1.29, 1.82) is 0 Å². The average molecular weight is 325 g/mol. The summed E-state index contributed by atoms with van der Waals surface area (Å²) in [5, 5.41) is 10.1. The minimum atomic E-state index is -4.40. The molecule has 1 heterocycles. The fourth-order valence-corrected chi connectivity index (χ4v) is 3.14. The van der Waals surface area contributed by atoms with Crippen LogP contribution >= 0.6 is 0 Å². The van der Waals surface area contributed by atoms with Crippen LogP contribution in [0.3, 0.4) is 0 Å². The van der Waals surface area contributed by atoms with Crippen LogP contribution in [0.2, 0.25) is 0 Å². The summed E-state index contributed by atoms with van der Waals surface area (Å²) in [5.74, 6) is -5.13. The molecule has 0 amide bonds. The summed E-state index contributed by atoms with van der Waals surface area (Å²) in [7, 11) is -4.40. The summed E-state index contributed by atoms with van der Waals surface area (Å²) >= 11 is 0. The van der Waals surface area contributed by atoms with Gasteiger partial charge in [-0.05, 0) is 12.1 Å². The molecule has 0 unspecified atom stereocenters. The van der Waals surface area contributed by atoms with Crippen LogP contribution in [0, 0.1) is 17.5 Å². The molecule has 1 aromatic carbocycles. The zero-order chi connectivity index (χ0) is 15.7. The number of sulfonamides is 1. The molecule has 1 aliphatic rings. The van der Waals surface area contributed by atoms with Crippen LogP contribution in [0.1, 0.15) is 12.8 Å². The largest absolute Gasteiger partial charge is 0.388 e. The lowest BCUT2D eigenvalue weighted by Gasteiger charge is -2.31. The van der Waals surface area contributed by atoms with E-state index in [1.807, 2.05) is 4.72 Å². The number of rotatable bonds is 4. The Kier molecular flexibility index (Phi) is 4.57. The van der Waals surface area contributed by atoms with E-state index in [1.165, 1.54) is 0 Å². The number of nitrogens with one attached hydrogen (secondary N) is 1. The summed E-state index contributed by atoms with van der Waals surface area (Å²) < 4.78 is 70.3. The first-order valence-corrected chi connectivity index (χ1v) is 7.67. The number of benzene rings is 1. The van der Waals surface area contributed by atoms with Gasteiger partial charge in [-0.25, -0.2) is 26.3 Å². The lowest BCUT2D eigenvalue weighted by molar-refractivity contribution is -0.0588. The van der Waals surface area contributed by atoms with Crippen LogP contribution in [0.15, 0.2) is 17.0 Å². The molecule has 0 radical (unpaired) electrons. The van der Waals surface area contributed by atoms with Crippen LogP contribution in [-0.4, -0.2) is 38.9 Å². The summed E-state index contributed by atoms with van der Waals surface area (Å²) in [5.41, 5.74) is -1.31. The van der Waals surface area contributed by atoms with Gasteiger partial charge in [-0.2, -0.15) is 0 Å². The van der Waals surface area contributed by atoms with Crippen LogP contribution in [0.5, 0.6) is 0 Å². The predicted molar refractivity (Wildman–Crippen MR) is 66.5 cm³/mol. The molecule has 0 bridgehead atoms. The highest BCUT2D eigenvalue weighted by atomic mass is 32.2. The second kappa shape index (κ2) is 5.91. The maximum absolute atomic E-state index is 13.5. The van der Waals surface area contributed by atoms with Gasteiger partial charge in [0.25, 0.3) is 0 Å². The molecule has 5 nitrogen and oxygen atoms in total. The Labute approximate surface area is 119 Å². The standard InChI is InChI=1S/C12H14F3NO4S/c13-8-1-2-9(11(15)10(8)14)21(18,19)16-7-12(17)3-5-20-6-4-12/h1-2,16-17H,3-7H2. The maximum Gasteiger partial charge on any atom is 0.243 e. The molecular formula is C12H14F3NO4S. The Hall–Kier alpha value is -1.16. The molecule has 0 spiro atoms. The zero-order valence-corrected chi connectivity index (χ0v) is 11.7. The normalized spacial score (nSPS) is 18.7. The molecule has 2 N–H and O–H groups in total. The Morgan fingerprint density at radius 1 is 1.19 bits per heavy atom. The van der Waals surface area contributed by atoms with Crippen molar-refractivity contribution in [3.8, 4) is 0 Å². The van der Waals surface area contributed by atoms with Crippen molar-refractivity contribution in [1.82, 2.24) is 4.72 Å². The molecule has 1 fully saturated rings. The van der Waals surface area contributed by atoms with E-state index < -0.39 is 38.0 Å². The third-order valence-corrected chi connectivity index (χ3v) is 4.72. The number of hydrogen-bond donors (Lipinski definition) is 2. The van der Waals surface area contributed by atoms with Gasteiger partial charge in [0.15, 0.2) is 17.5 Å². The van der Waals surface area contributed by atoms with Crippen LogP contribution in [0.25, 0.3) is 0 Å². The van der Waals surface area contributed by atoms with Crippen molar-refractivity contribution in [3.05, 3.63) is 29.6 Å². The van der Waals surface area contributed by atoms with Gasteiger partial charge in [0, 0.05) is 32.6 Å². The Morgan fingerprint density at radius 3 is 2.43 bits per heavy atom. The third kappa shape index (κ3) is 3.54. The van der Waals surface area contributed by atoms with Crippen molar-refractivity contribution in [2.45, 2.75) is 23.3 Å². The van der Waals surface area contributed by atoms with Gasteiger partial charge in [-0.1, -0.05) is 0 Å². The fourth-order valence-electron chi connectivity index (χ4n) is 1.95. The van der Waals surface area contributed by atoms with Crippen molar-refractivity contribution in [2.75, 3.05) is 19.8 Å². The van der Waals surface area contributed by atoms with Gasteiger partial charge >= 0.3 is 0 Å². The molecule has 1 aliphatic heterocycles. The second-order valence-corrected chi connectivity index (χ2v) is 6.57. The van der Waals surface area contributed by atoms with E-state index in [2.05, 4.69) is 0 Å². The number of halogens is 3. The Morgan fingerprint density at radius 2 is 1.81 bits per heavy atom. The number of aliphatic hydroxyl groups is 1. The molecule has 0 saturated carbocycles. The summed E-state index contributed by atoms with van der Waals surface area (Å²) in [6, 6.07) is 1.15. The lowest BCUT2D eigenvalue weighted by atomic mass is 9.95. The molecule has 0 aliphatic carbocycles. The van der Waals surface area contributed by atoms with E-state index in [0.717, 1.165) is 0 Å². The number of hydrogen-bond acceptors (Lipinski definition) is 4. The zero-order valence-electron chi connectivity index (χ0n) is 10.9. The summed E-state index contributed by atoms with van der Waals surface area (Å²) in [4.78, 5) is -1.00. The molecule has 118 valence electrons. The van der Waals surface area contributed by atoms with Gasteiger partial charge in [0.2, 0.25) is 10.0 Å². The van der Waals surface area contributed by atoms with Gasteiger partial charge in [0.05, 0.1) is 5.60 Å². The van der Waals surface area contributed by atoms with Crippen LogP contribution in [0.4, 0.5) is 13.2 Å². The fraction of sp³-hybridized carbons (Fsp3) is 0.500. The van der Waals surface area contributed by atoms with Gasteiger partial charge in [0.1, 0.15) is 4.90 Å². The summed E-state index contributed by atoms with van der Waals surface area (Å²) in [6.07, 6.45) is 0.436.